The van der Waals surface area contributed by atoms with E-state index in [1.807, 2.05) is 0 Å². The lowest BCUT2D eigenvalue weighted by molar-refractivity contribution is 0.470. The first-order chi connectivity index (χ1) is 14.4. The molecule has 0 spiro atoms. The fourth-order valence-electron chi connectivity index (χ4n) is 3.50. The van der Waals surface area contributed by atoms with Gasteiger partial charge in [0.15, 0.2) is 0 Å². The van der Waals surface area contributed by atoms with Gasteiger partial charge in [0, 0.05) is 54.8 Å². The average Bonchev–Trinajstić information content (AvgIpc) is 2.76. The summed E-state index contributed by atoms with van der Waals surface area (Å²) < 4.78 is 27.8. The summed E-state index contributed by atoms with van der Waals surface area (Å²) in [6, 6.07) is 42.8. The Balaban J connectivity index is 0.000000461. The third kappa shape index (κ3) is 5.02. The largest absolute Gasteiger partial charge is 0.748 e. The molecule has 30 heavy (non-hydrogen) atoms. The van der Waals surface area contributed by atoms with Gasteiger partial charge < -0.3 is 4.55 Å². The molecule has 5 heteroatoms. The highest BCUT2D eigenvalue weighted by molar-refractivity contribution is 7.84. The van der Waals surface area contributed by atoms with Crippen LogP contribution in [0.5, 0.6) is 0 Å². The lowest BCUT2D eigenvalue weighted by atomic mass is 10.1. The van der Waals surface area contributed by atoms with Crippen molar-refractivity contribution in [1.82, 2.24) is 4.48 Å². The highest BCUT2D eigenvalue weighted by atomic mass is 32.2. The average molecular weight is 418 g/mol. The minimum Gasteiger partial charge on any atom is -0.748 e. The van der Waals surface area contributed by atoms with Crippen molar-refractivity contribution >= 4 is 32.9 Å². The van der Waals surface area contributed by atoms with E-state index in [1.54, 1.807) is 0 Å². The van der Waals surface area contributed by atoms with Crippen LogP contribution < -0.4 is 4.48 Å². The van der Waals surface area contributed by atoms with E-state index in [4.69, 9.17) is 13.0 Å². The third-order valence-electron chi connectivity index (χ3n) is 4.57. The molecule has 0 N–H and O–H groups in total. The van der Waals surface area contributed by atoms with Crippen LogP contribution in [0.15, 0.2) is 121 Å². The lowest BCUT2D eigenvalue weighted by Crippen LogP contribution is -2.33. The Morgan fingerprint density at radius 3 is 0.833 bits per heavy atom. The van der Waals surface area contributed by atoms with Crippen molar-refractivity contribution in [3.63, 3.8) is 0 Å². The van der Waals surface area contributed by atoms with Gasteiger partial charge in [-0.25, -0.2) is 8.42 Å². The second-order valence-corrected chi connectivity index (χ2v) is 8.13. The molecule has 0 bridgehead atoms. The second-order valence-electron chi connectivity index (χ2n) is 6.72. The molecule has 0 atom stereocenters. The van der Waals surface area contributed by atoms with Gasteiger partial charge >= 0.3 is 0 Å². The minimum absolute atomic E-state index is 0.559. The zero-order valence-corrected chi connectivity index (χ0v) is 17.4. The summed E-state index contributed by atoms with van der Waals surface area (Å²) in [5.74, 6) is 0. The Hall–Kier alpha value is -3.25. The Bertz CT molecular complexity index is 977. The van der Waals surface area contributed by atoms with Crippen molar-refractivity contribution in [3.8, 4) is 0 Å². The molecule has 152 valence electrons. The first-order valence-corrected chi connectivity index (χ1v) is 11.3. The van der Waals surface area contributed by atoms with E-state index in [0.29, 0.717) is 10.7 Å². The molecular weight excluding hydrogens is 394 g/mol. The normalized spacial score (nSPS) is 11.3. The second kappa shape index (κ2) is 9.50. The summed E-state index contributed by atoms with van der Waals surface area (Å²) >= 11 is 0. The zero-order valence-electron chi connectivity index (χ0n) is 16.6. The van der Waals surface area contributed by atoms with Crippen LogP contribution in [0.4, 0.5) is 22.7 Å². The van der Waals surface area contributed by atoms with Gasteiger partial charge in [-0.3, -0.25) is 0 Å². The summed E-state index contributed by atoms with van der Waals surface area (Å²) in [5, 5.41) is 0. The third-order valence-corrected chi connectivity index (χ3v) is 4.57. The maximum absolute atomic E-state index is 9.08. The van der Waals surface area contributed by atoms with E-state index >= 15 is 0 Å². The topological polar surface area (TPSA) is 57.2 Å². The molecule has 0 unspecified atom stereocenters. The maximum Gasteiger partial charge on any atom is 0.148 e. The first-order valence-electron chi connectivity index (χ1n) is 9.45. The number of benzene rings is 4. The summed E-state index contributed by atoms with van der Waals surface area (Å²) in [6.45, 7) is 0. The molecule has 4 aromatic rings. The standard InChI is InChI=1S/C24H20N.CH4O3S/c1-5-13-21(14-6-1)25(22-15-7-2-8-16-22,23-17-9-3-10-18-23)24-19-11-4-12-20-24;1-5(2,3)4/h1-20H;1H3,(H,2,3,4)/q+1;/p-1. The lowest BCUT2D eigenvalue weighted by Gasteiger charge is -2.37. The van der Waals surface area contributed by atoms with E-state index in [1.165, 1.54) is 22.7 Å². The molecule has 0 saturated heterocycles. The van der Waals surface area contributed by atoms with Crippen LogP contribution in [0.1, 0.15) is 0 Å². The molecule has 0 aromatic heterocycles. The molecule has 0 amide bonds. The zero-order chi connectivity index (χ0) is 21.5. The van der Waals surface area contributed by atoms with Crippen molar-refractivity contribution in [1.29, 1.82) is 0 Å². The monoisotopic (exact) mass is 417 g/mol. The molecule has 0 aliphatic heterocycles. The molecule has 0 radical (unpaired) electrons. The van der Waals surface area contributed by atoms with Crippen LogP contribution in [0.25, 0.3) is 0 Å². The molecule has 0 aliphatic rings. The molecule has 4 rings (SSSR count). The Morgan fingerprint density at radius 2 is 0.667 bits per heavy atom. The van der Waals surface area contributed by atoms with Gasteiger partial charge in [-0.05, 0) is 0 Å². The van der Waals surface area contributed by atoms with Crippen molar-refractivity contribution in [2.45, 2.75) is 0 Å². The predicted octanol–water partition coefficient (Wildman–Crippen LogP) is 6.15. The molecular formula is C25H23NO3S. The van der Waals surface area contributed by atoms with Crippen molar-refractivity contribution in [2.75, 3.05) is 6.26 Å². The highest BCUT2D eigenvalue weighted by Gasteiger charge is 2.38. The minimum atomic E-state index is -3.92. The van der Waals surface area contributed by atoms with Crippen LogP contribution in [0.2, 0.25) is 0 Å². The van der Waals surface area contributed by atoms with Crippen LogP contribution in [0, 0.1) is 0 Å². The first kappa shape index (κ1) is 21.5. The van der Waals surface area contributed by atoms with Crippen LogP contribution in [0.3, 0.4) is 0 Å². The number of hydrogen-bond acceptors (Lipinski definition) is 3. The summed E-state index contributed by atoms with van der Waals surface area (Å²) in [4.78, 5) is 0. The van der Waals surface area contributed by atoms with Crippen LogP contribution in [-0.2, 0) is 10.1 Å². The number of quaternary nitrogens is 1. The number of hydrogen-bond donors (Lipinski definition) is 0. The Morgan fingerprint density at radius 1 is 0.500 bits per heavy atom. The predicted molar refractivity (Wildman–Crippen MR) is 122 cm³/mol. The Labute approximate surface area is 178 Å². The van der Waals surface area contributed by atoms with Gasteiger partial charge in [0.25, 0.3) is 0 Å². The SMILES string of the molecule is CS(=O)(=O)[O-].c1ccc([N+](c2ccccc2)(c2ccccc2)c2ccccc2)cc1. The van der Waals surface area contributed by atoms with Gasteiger partial charge in [0.05, 0.1) is 10.1 Å². The van der Waals surface area contributed by atoms with Crippen LogP contribution >= 0.6 is 0 Å². The molecule has 0 aliphatic carbocycles. The molecule has 4 nitrogen and oxygen atoms in total. The van der Waals surface area contributed by atoms with Gasteiger partial charge in [0.1, 0.15) is 22.7 Å². The smallest absolute Gasteiger partial charge is 0.148 e. The number of nitrogens with zero attached hydrogens (tertiary/aromatic N) is 1. The molecule has 0 heterocycles. The summed E-state index contributed by atoms with van der Waals surface area (Å²) in [7, 11) is -3.92. The van der Waals surface area contributed by atoms with Gasteiger partial charge in [-0.1, -0.05) is 72.8 Å². The van der Waals surface area contributed by atoms with Gasteiger partial charge in [0.2, 0.25) is 0 Å². The molecule has 0 fully saturated rings. The van der Waals surface area contributed by atoms with E-state index in [0.717, 1.165) is 0 Å². The van der Waals surface area contributed by atoms with Gasteiger partial charge in [-0.15, -0.1) is 0 Å². The number of rotatable bonds is 4. The highest BCUT2D eigenvalue weighted by Crippen LogP contribution is 2.50. The summed E-state index contributed by atoms with van der Waals surface area (Å²) in [5.41, 5.74) is 4.86. The fourth-order valence-corrected chi connectivity index (χ4v) is 3.50. The summed E-state index contributed by atoms with van der Waals surface area (Å²) in [6.07, 6.45) is 0.604. The quantitative estimate of drug-likeness (QED) is 0.295. The van der Waals surface area contributed by atoms with E-state index in [-0.39, 0.29) is 0 Å². The van der Waals surface area contributed by atoms with E-state index in [2.05, 4.69) is 121 Å². The molecule has 4 aromatic carbocycles. The number of para-hydroxylation sites is 4. The van der Waals surface area contributed by atoms with Crippen molar-refractivity contribution in [2.24, 2.45) is 0 Å². The van der Waals surface area contributed by atoms with Gasteiger partial charge in [-0.2, -0.15) is 4.48 Å². The maximum atomic E-state index is 9.08. The van der Waals surface area contributed by atoms with Crippen LogP contribution in [-0.4, -0.2) is 19.2 Å². The van der Waals surface area contributed by atoms with Crippen molar-refractivity contribution in [3.05, 3.63) is 121 Å². The van der Waals surface area contributed by atoms with E-state index < -0.39 is 10.1 Å². The van der Waals surface area contributed by atoms with E-state index in [9.17, 15) is 0 Å². The van der Waals surface area contributed by atoms with Crippen molar-refractivity contribution < 1.29 is 13.0 Å². The Kier molecular flexibility index (Phi) is 6.79. The fraction of sp³-hybridized carbons (Fsp3) is 0.0400. The molecule has 0 saturated carbocycles.